The average Bonchev–Trinajstić information content (AvgIpc) is 3.24. The summed E-state index contributed by atoms with van der Waals surface area (Å²) in [5.41, 5.74) is 2.34. The second kappa shape index (κ2) is 14.7. The van der Waals surface area contributed by atoms with Crippen LogP contribution in [-0.2, 0) is 5.41 Å². The van der Waals surface area contributed by atoms with Crippen molar-refractivity contribution >= 4 is 28.0 Å². The first kappa shape index (κ1) is 36.1. The van der Waals surface area contributed by atoms with E-state index in [9.17, 15) is 10.2 Å². The van der Waals surface area contributed by atoms with E-state index in [2.05, 4.69) is 79.7 Å². The van der Waals surface area contributed by atoms with Crippen LogP contribution >= 0.6 is 6.83 Å². The van der Waals surface area contributed by atoms with Crippen LogP contribution in [0, 0.1) is 0 Å². The van der Waals surface area contributed by atoms with Crippen molar-refractivity contribution in [2.45, 2.75) is 12.3 Å². The number of ether oxygens (including phenoxy) is 3. The first-order valence-corrected chi connectivity index (χ1v) is 19.8. The van der Waals surface area contributed by atoms with Gasteiger partial charge >= 0.3 is 318 Å². The topological polar surface area (TPSA) is 77.4 Å². The molecule has 7 heteroatoms. The molecule has 0 aliphatic rings. The van der Waals surface area contributed by atoms with Crippen molar-refractivity contribution in [2.75, 3.05) is 21.3 Å². The van der Waals surface area contributed by atoms with E-state index in [0.717, 1.165) is 55.2 Å². The Bertz CT molecular complexity index is 2140. The summed E-state index contributed by atoms with van der Waals surface area (Å²) >= 11 is 0. The minimum absolute atomic E-state index is 0.193. The van der Waals surface area contributed by atoms with Gasteiger partial charge in [0.1, 0.15) is 0 Å². The summed E-state index contributed by atoms with van der Waals surface area (Å²) in [7, 11) is 5.00. The molecule has 7 rings (SSSR count). The monoisotopic (exact) mass is 734 g/mol. The first-order valence-electron chi connectivity index (χ1n) is 17.7. The SMILES string of the molecule is COc1ccc(P(Oc2ccc(C(C)(c3ccc(O)cc3)c3ccc(O)cc3)cc2)(c2ccccc2)(c2ccc(OC)cc2)c2ccc(OC)cc2)cc1. The summed E-state index contributed by atoms with van der Waals surface area (Å²) in [6.07, 6.45) is 0. The third kappa shape index (κ3) is 5.99. The number of phenolic OH excluding ortho intramolecular Hbond substituents is 2. The van der Waals surface area contributed by atoms with Crippen molar-refractivity contribution < 1.29 is 28.9 Å². The zero-order chi connectivity index (χ0) is 37.8. The molecule has 2 N–H and O–H groups in total. The van der Waals surface area contributed by atoms with Crippen molar-refractivity contribution in [2.24, 2.45) is 0 Å². The summed E-state index contributed by atoms with van der Waals surface area (Å²) in [4.78, 5) is 0. The van der Waals surface area contributed by atoms with Gasteiger partial charge in [0.05, 0.1) is 0 Å². The van der Waals surface area contributed by atoms with E-state index in [0.29, 0.717) is 5.75 Å². The number of hydrogen-bond acceptors (Lipinski definition) is 6. The Hall–Kier alpha value is -6.23. The molecule has 0 saturated heterocycles. The maximum atomic E-state index is 10.2. The number of methoxy groups -OCH3 is 3. The number of rotatable bonds is 12. The molecule has 0 aliphatic heterocycles. The zero-order valence-corrected chi connectivity index (χ0v) is 31.6. The Morgan fingerprint density at radius 1 is 0.370 bits per heavy atom. The van der Waals surface area contributed by atoms with Crippen LogP contribution in [0.25, 0.3) is 0 Å². The van der Waals surface area contributed by atoms with Crippen LogP contribution in [0.1, 0.15) is 23.6 Å². The van der Waals surface area contributed by atoms with E-state index in [1.165, 1.54) is 0 Å². The maximum absolute atomic E-state index is 10.2. The van der Waals surface area contributed by atoms with Gasteiger partial charge in [0.15, 0.2) is 0 Å². The molecule has 0 saturated carbocycles. The molecular formula is C47H43O6P. The van der Waals surface area contributed by atoms with Crippen LogP contribution in [0.15, 0.2) is 176 Å². The fourth-order valence-electron chi connectivity index (χ4n) is 7.57. The van der Waals surface area contributed by atoms with Gasteiger partial charge in [-0.25, -0.2) is 0 Å². The summed E-state index contributed by atoms with van der Waals surface area (Å²) < 4.78 is 24.9. The standard InChI is InChI=1S/C47H43O6P/c1-47(34-10-16-37(48)17-11-34,35-12-18-38(49)19-13-35)36-14-20-42(21-15-36)53-54(43-8-6-5-7-9-43,44-28-22-39(50-2)23-29-44,45-30-24-40(51-3)25-31-45)46-32-26-41(52-4)27-33-46/h5-33,48-49H,1-4H3. The van der Waals surface area contributed by atoms with E-state index >= 15 is 0 Å². The van der Waals surface area contributed by atoms with E-state index in [4.69, 9.17) is 18.7 Å². The Labute approximate surface area is 316 Å². The molecule has 0 heterocycles. The molecule has 6 nitrogen and oxygen atoms in total. The Morgan fingerprint density at radius 2 is 0.667 bits per heavy atom. The molecule has 0 atom stereocenters. The van der Waals surface area contributed by atoms with Crippen LogP contribution in [0.4, 0.5) is 0 Å². The summed E-state index contributed by atoms with van der Waals surface area (Å²) in [6, 6.07) is 57.8. The van der Waals surface area contributed by atoms with Crippen LogP contribution in [0.2, 0.25) is 0 Å². The molecule has 0 aromatic heterocycles. The van der Waals surface area contributed by atoms with Gasteiger partial charge in [-0.3, -0.25) is 0 Å². The third-order valence-corrected chi connectivity index (χ3v) is 16.3. The normalized spacial score (nSPS) is 12.3. The van der Waals surface area contributed by atoms with Gasteiger partial charge in [-0.2, -0.15) is 0 Å². The summed E-state index contributed by atoms with van der Waals surface area (Å²) in [5, 5.41) is 24.3. The van der Waals surface area contributed by atoms with E-state index < -0.39 is 12.2 Å². The summed E-state index contributed by atoms with van der Waals surface area (Å²) in [6.45, 7) is -2.02. The molecule has 0 aliphatic carbocycles. The van der Waals surface area contributed by atoms with Gasteiger partial charge in [-0.1, -0.05) is 0 Å². The van der Waals surface area contributed by atoms with Crippen LogP contribution in [-0.4, -0.2) is 31.5 Å². The fraction of sp³-hybridized carbons (Fsp3) is 0.106. The molecule has 54 heavy (non-hydrogen) atoms. The number of benzene rings is 7. The molecule has 0 fully saturated rings. The van der Waals surface area contributed by atoms with Gasteiger partial charge in [0, 0.05) is 0 Å². The van der Waals surface area contributed by atoms with Crippen molar-refractivity contribution in [1.29, 1.82) is 0 Å². The molecular weight excluding hydrogens is 691 g/mol. The molecule has 7 aromatic rings. The fourth-order valence-corrected chi connectivity index (χ4v) is 13.2. The quantitative estimate of drug-likeness (QED) is 0.0968. The zero-order valence-electron chi connectivity index (χ0n) is 30.7. The van der Waals surface area contributed by atoms with Gasteiger partial charge in [0.2, 0.25) is 0 Å². The van der Waals surface area contributed by atoms with E-state index in [-0.39, 0.29) is 11.5 Å². The van der Waals surface area contributed by atoms with Crippen LogP contribution < -0.4 is 40.0 Å². The molecule has 0 bridgehead atoms. The summed E-state index contributed by atoms with van der Waals surface area (Å²) in [5.74, 6) is 3.26. The van der Waals surface area contributed by atoms with Crippen LogP contribution in [0.5, 0.6) is 34.5 Å². The molecule has 272 valence electrons. The predicted molar refractivity (Wildman–Crippen MR) is 220 cm³/mol. The first-order chi connectivity index (χ1) is 26.2. The Balaban J connectivity index is 1.52. The minimum atomic E-state index is -4.17. The Kier molecular flexibility index (Phi) is 9.81. The average molecular weight is 735 g/mol. The Morgan fingerprint density at radius 3 is 1.00 bits per heavy atom. The molecule has 0 amide bonds. The van der Waals surface area contributed by atoms with Crippen molar-refractivity contribution in [1.82, 2.24) is 0 Å². The van der Waals surface area contributed by atoms with Gasteiger partial charge in [-0.05, 0) is 0 Å². The third-order valence-electron chi connectivity index (χ3n) is 10.6. The molecule has 0 radical (unpaired) electrons. The number of hydrogen-bond donors (Lipinski definition) is 2. The van der Waals surface area contributed by atoms with Crippen molar-refractivity contribution in [3.05, 3.63) is 193 Å². The van der Waals surface area contributed by atoms with Gasteiger partial charge in [0.25, 0.3) is 0 Å². The van der Waals surface area contributed by atoms with E-state index in [1.54, 1.807) is 45.6 Å². The van der Waals surface area contributed by atoms with Gasteiger partial charge < -0.3 is 0 Å². The number of aromatic hydroxyl groups is 2. The molecule has 0 unspecified atom stereocenters. The van der Waals surface area contributed by atoms with Crippen molar-refractivity contribution in [3.8, 4) is 34.5 Å². The molecule has 0 spiro atoms. The van der Waals surface area contributed by atoms with E-state index in [1.807, 2.05) is 78.9 Å². The predicted octanol–water partition coefficient (Wildman–Crippen LogP) is 8.63. The second-order valence-corrected chi connectivity index (χ2v) is 17.6. The molecule has 7 aromatic carbocycles. The second-order valence-electron chi connectivity index (χ2n) is 13.3. The van der Waals surface area contributed by atoms with Crippen molar-refractivity contribution in [3.63, 3.8) is 0 Å². The number of phenols is 2. The van der Waals surface area contributed by atoms with Gasteiger partial charge in [-0.15, -0.1) is 0 Å². The van der Waals surface area contributed by atoms with Crippen LogP contribution in [0.3, 0.4) is 0 Å².